The maximum absolute atomic E-state index is 15.0. The predicted octanol–water partition coefficient (Wildman–Crippen LogP) is 1.52. The van der Waals surface area contributed by atoms with Crippen molar-refractivity contribution in [3.05, 3.63) is 150 Å². The van der Waals surface area contributed by atoms with Gasteiger partial charge in [0.05, 0.1) is 12.1 Å². The number of likely N-dealkylation sites (N-methyl/N-ethyl adjacent to an activating group) is 2. The van der Waals surface area contributed by atoms with Crippen molar-refractivity contribution in [1.82, 2.24) is 47.4 Å². The molecular weight excluding hydrogens is 1090 g/mol. The normalized spacial score (nSPS) is 14.0. The number of rotatable bonds is 32. The number of carbonyl (C=O) groups is 9. The molecule has 5 aromatic rings. The van der Waals surface area contributed by atoms with Gasteiger partial charge in [-0.05, 0) is 97.8 Å². The smallest absolute Gasteiger partial charge is 0.322 e. The zero-order valence-corrected chi connectivity index (χ0v) is 47.6. The maximum Gasteiger partial charge on any atom is 0.322 e. The van der Waals surface area contributed by atoms with E-state index in [0.717, 1.165) is 10.3 Å². The van der Waals surface area contributed by atoms with Gasteiger partial charge in [-0.15, -0.1) is 0 Å². The van der Waals surface area contributed by atoms with Crippen LogP contribution in [0.4, 0.5) is 0 Å². The second-order valence-corrected chi connectivity index (χ2v) is 21.9. The van der Waals surface area contributed by atoms with Gasteiger partial charge in [0.25, 0.3) is 11.8 Å². The van der Waals surface area contributed by atoms with Crippen LogP contribution in [0.15, 0.2) is 127 Å². The van der Waals surface area contributed by atoms with Crippen LogP contribution in [0, 0.1) is 0 Å². The molecule has 0 fully saturated rings. The molecule has 5 rings (SSSR count). The summed E-state index contributed by atoms with van der Waals surface area (Å²) in [5.41, 5.74) is 7.67. The first kappa shape index (κ1) is 64.8. The van der Waals surface area contributed by atoms with Gasteiger partial charge in [0, 0.05) is 37.6 Å². The van der Waals surface area contributed by atoms with Crippen LogP contribution in [0.25, 0.3) is 10.8 Å². The Morgan fingerprint density at radius 2 is 1.07 bits per heavy atom. The number of aromatic hydroxyl groups is 1. The Hall–Kier alpha value is -8.03. The fraction of sp³-hybridized carbons (Fsp3) is 0.362. The van der Waals surface area contributed by atoms with Crippen LogP contribution in [-0.4, -0.2) is 161 Å². The molecule has 82 heavy (non-hydrogen) atoms. The van der Waals surface area contributed by atoms with Crippen molar-refractivity contribution >= 4 is 85.6 Å². The van der Waals surface area contributed by atoms with E-state index in [9.17, 15) is 48.9 Å². The summed E-state index contributed by atoms with van der Waals surface area (Å²) in [6.07, 6.45) is -1.51. The third-order valence-corrected chi connectivity index (χ3v) is 15.0. The van der Waals surface area contributed by atoms with Gasteiger partial charge in [0.15, 0.2) is 6.17 Å². The van der Waals surface area contributed by atoms with E-state index in [4.69, 9.17) is 5.73 Å². The van der Waals surface area contributed by atoms with Crippen LogP contribution >= 0.6 is 21.6 Å². The quantitative estimate of drug-likeness (QED) is 0.0165. The van der Waals surface area contributed by atoms with E-state index in [-0.39, 0.29) is 50.0 Å². The number of fused-ring (bicyclic) bond motifs is 1. The number of hydrogen-bond donors (Lipinski definition) is 12. The number of aliphatic hydroxyl groups is 1. The van der Waals surface area contributed by atoms with Crippen molar-refractivity contribution in [2.75, 3.05) is 39.2 Å². The number of unbranched alkanes of at least 4 members (excludes halogenated alkanes) is 1. The van der Waals surface area contributed by atoms with Crippen LogP contribution in [-0.2, 0) is 57.6 Å². The highest BCUT2D eigenvalue weighted by molar-refractivity contribution is 8.76. The molecule has 0 aromatic heterocycles. The summed E-state index contributed by atoms with van der Waals surface area (Å²) in [4.78, 5) is 127. The highest BCUT2D eigenvalue weighted by Crippen LogP contribution is 2.20. The average Bonchev–Trinajstić information content (AvgIpc) is 3.53. The molecule has 0 saturated heterocycles. The van der Waals surface area contributed by atoms with E-state index >= 15 is 9.59 Å². The summed E-state index contributed by atoms with van der Waals surface area (Å²) in [6.45, 7) is 0.633. The molecule has 13 N–H and O–H groups in total. The van der Waals surface area contributed by atoms with Gasteiger partial charge in [0.1, 0.15) is 42.5 Å². The molecule has 22 nitrogen and oxygen atoms in total. The molecule has 0 saturated carbocycles. The first-order chi connectivity index (χ1) is 39.3. The zero-order valence-electron chi connectivity index (χ0n) is 46.0. The second kappa shape index (κ2) is 33.0. The molecule has 5 aromatic carbocycles. The lowest BCUT2D eigenvalue weighted by Crippen LogP contribution is -2.64. The standard InChI is InChI=1S/C58H72N10O12S2/c1-35(69)49(56(78)65-44(51(73)61-33-48(71)72)29-36-15-7-5-8-16-36)66-52(74)43(21-13-14-28-59)62-57(79)50(68(3)58(80)41-25-24-39-19-11-12-20-40(39)32-41)67-54(76)46(31-38-22-26-42(70)27-23-38)63-53(75)45(30-37-17-9-6-10-18-37)64-55(77)47(60-2)34-82-81-4/h5-12,15-20,22-27,32,35,43-47,49-50,60,69-70H,13-14,21,28-31,33-34,59H2,1-4H3,(H,61,73)(H,62,79)(H,63,75)(H,64,77)(H,65,78)(H,66,74)(H,67,76)(H,71,72)/t35?,43-,44-,45-,46-,47+,49-,50+/m0/s1. The fourth-order valence-corrected chi connectivity index (χ4v) is 10.0. The van der Waals surface area contributed by atoms with Gasteiger partial charge in [-0.3, -0.25) is 43.2 Å². The number of phenols is 1. The Labute approximate surface area is 483 Å². The van der Waals surface area contributed by atoms with Gasteiger partial charge in [0.2, 0.25) is 35.4 Å². The van der Waals surface area contributed by atoms with Crippen LogP contribution in [0.2, 0.25) is 0 Å². The number of phenolic OH excluding ortho intramolecular Hbond substituents is 1. The SMILES string of the molecule is CN[C@H](CSSC)C(=O)N[C@@H](Cc1ccccc1)C(=O)N[C@@H](Cc1ccc(O)cc1)C(=O)N[C@@H](C(=O)N[C@@H](CCCCN)C(=O)N[C@H](C(=O)N[C@@H](Cc1ccccc1)C(=O)NCC(=O)O)C(C)O)N(C)C(=O)c1ccc2ccccc2c1. The number of amides is 8. The van der Waals surface area contributed by atoms with Crippen molar-refractivity contribution in [2.24, 2.45) is 5.73 Å². The molecule has 0 heterocycles. The van der Waals surface area contributed by atoms with Crippen molar-refractivity contribution in [3.63, 3.8) is 0 Å². The third-order valence-electron chi connectivity index (χ3n) is 13.1. The number of aliphatic hydroxyl groups excluding tert-OH is 1. The summed E-state index contributed by atoms with van der Waals surface area (Å²) in [7, 11) is 5.77. The molecule has 8 atom stereocenters. The van der Waals surface area contributed by atoms with Crippen molar-refractivity contribution in [1.29, 1.82) is 0 Å². The fourth-order valence-electron chi connectivity index (χ4n) is 8.60. The minimum absolute atomic E-state index is 0.00761. The summed E-state index contributed by atoms with van der Waals surface area (Å²) in [6, 6.07) is 27.1. The Balaban J connectivity index is 1.50. The Bertz CT molecular complexity index is 2960. The number of carbonyl (C=O) groups excluding carboxylic acids is 8. The van der Waals surface area contributed by atoms with Crippen LogP contribution < -0.4 is 48.3 Å². The number of hydrogen-bond acceptors (Lipinski definition) is 15. The molecule has 0 radical (unpaired) electrons. The second-order valence-electron chi connectivity index (χ2n) is 19.3. The van der Waals surface area contributed by atoms with Gasteiger partial charge >= 0.3 is 5.97 Å². The van der Waals surface area contributed by atoms with Gasteiger partial charge < -0.3 is 68.5 Å². The topological polar surface area (TPSA) is 340 Å². The number of nitrogens with zero attached hydrogens (tertiary/aromatic N) is 1. The summed E-state index contributed by atoms with van der Waals surface area (Å²) in [5.74, 6) is -8.03. The van der Waals surface area contributed by atoms with E-state index in [0.29, 0.717) is 34.3 Å². The van der Waals surface area contributed by atoms with E-state index in [1.807, 2.05) is 18.4 Å². The third kappa shape index (κ3) is 20.2. The van der Waals surface area contributed by atoms with Crippen LogP contribution in [0.1, 0.15) is 53.2 Å². The van der Waals surface area contributed by atoms with Crippen LogP contribution in [0.5, 0.6) is 5.75 Å². The van der Waals surface area contributed by atoms with Crippen molar-refractivity contribution in [3.8, 4) is 5.75 Å². The average molecular weight is 1170 g/mol. The predicted molar refractivity (Wildman–Crippen MR) is 314 cm³/mol. The summed E-state index contributed by atoms with van der Waals surface area (Å²) in [5, 5.41) is 52.9. The van der Waals surface area contributed by atoms with Gasteiger partial charge in [-0.1, -0.05) is 125 Å². The molecule has 0 aliphatic rings. The van der Waals surface area contributed by atoms with Gasteiger partial charge in [-0.25, -0.2) is 0 Å². The largest absolute Gasteiger partial charge is 0.508 e. The van der Waals surface area contributed by atoms with Crippen LogP contribution in [0.3, 0.4) is 0 Å². The minimum atomic E-state index is -1.93. The van der Waals surface area contributed by atoms with E-state index in [2.05, 4.69) is 42.5 Å². The highest BCUT2D eigenvalue weighted by Gasteiger charge is 2.38. The first-order valence-corrected chi connectivity index (χ1v) is 29.2. The molecule has 0 bridgehead atoms. The molecule has 1 unspecified atom stereocenters. The lowest BCUT2D eigenvalue weighted by Gasteiger charge is -2.32. The molecule has 0 aliphatic heterocycles. The molecule has 0 aliphatic carbocycles. The number of benzene rings is 5. The number of aliphatic carboxylic acids is 1. The lowest BCUT2D eigenvalue weighted by molar-refractivity contribution is -0.139. The minimum Gasteiger partial charge on any atom is -0.508 e. The van der Waals surface area contributed by atoms with E-state index in [1.165, 1.54) is 65.9 Å². The maximum atomic E-state index is 15.0. The monoisotopic (exact) mass is 1160 g/mol. The van der Waals surface area contributed by atoms with Crippen molar-refractivity contribution < 1.29 is 58.5 Å². The lowest BCUT2D eigenvalue weighted by atomic mass is 10.0. The molecular formula is C58H72N10O12S2. The number of nitrogens with one attached hydrogen (secondary N) is 8. The number of nitrogens with two attached hydrogens (primary N) is 1. The van der Waals surface area contributed by atoms with E-state index in [1.54, 1.807) is 92.0 Å². The summed E-state index contributed by atoms with van der Waals surface area (Å²) < 4.78 is 0. The molecule has 24 heteroatoms. The number of carboxylic acids is 1. The first-order valence-electron chi connectivity index (χ1n) is 26.5. The Kier molecular flexibility index (Phi) is 26.1. The molecule has 438 valence electrons. The van der Waals surface area contributed by atoms with E-state index < -0.39 is 108 Å². The Morgan fingerprint density at radius 3 is 1.62 bits per heavy atom. The molecule has 0 spiro atoms. The number of carboxylic acid groups (broad SMARTS) is 1. The highest BCUT2D eigenvalue weighted by atomic mass is 33.1. The Morgan fingerprint density at radius 1 is 0.573 bits per heavy atom. The van der Waals surface area contributed by atoms with Crippen molar-refractivity contribution in [2.45, 2.75) is 94.0 Å². The summed E-state index contributed by atoms with van der Waals surface area (Å²) >= 11 is 0. The van der Waals surface area contributed by atoms with Gasteiger partial charge in [-0.2, -0.15) is 0 Å². The zero-order chi connectivity index (χ0) is 59.7. The molecule has 8 amide bonds.